The van der Waals surface area contributed by atoms with E-state index in [4.69, 9.17) is 5.26 Å². The summed E-state index contributed by atoms with van der Waals surface area (Å²) in [6, 6.07) is 11.3. The van der Waals surface area contributed by atoms with Crippen LogP contribution in [0, 0.1) is 18.3 Å². The minimum absolute atomic E-state index is 0.119. The number of nitrogens with zero attached hydrogens (tertiary/aromatic N) is 4. The van der Waals surface area contributed by atoms with Crippen LogP contribution in [0.1, 0.15) is 47.3 Å². The molecule has 2 aromatic rings. The van der Waals surface area contributed by atoms with E-state index >= 15 is 0 Å². The lowest BCUT2D eigenvalue weighted by molar-refractivity contribution is 0.0926. The zero-order chi connectivity index (χ0) is 20.1. The fourth-order valence-corrected chi connectivity index (χ4v) is 3.41. The number of carbonyl (C=O) groups is 1. The SMILES string of the molecule is Cc1cc(N(C)C)nc(N[C@H]2CC[C@@H](NC(=O)c3cccc(C#N)c3)CC2)n1. The predicted molar refractivity (Wildman–Crippen MR) is 109 cm³/mol. The van der Waals surface area contributed by atoms with E-state index in [2.05, 4.69) is 26.7 Å². The Morgan fingerprint density at radius 2 is 1.86 bits per heavy atom. The monoisotopic (exact) mass is 378 g/mol. The third-order valence-corrected chi connectivity index (χ3v) is 4.95. The van der Waals surface area contributed by atoms with Crippen LogP contribution in [-0.2, 0) is 0 Å². The molecular formula is C21H26N6O. The Kier molecular flexibility index (Phi) is 6.09. The van der Waals surface area contributed by atoms with E-state index in [0.717, 1.165) is 37.2 Å². The second kappa shape index (κ2) is 8.70. The van der Waals surface area contributed by atoms with Crippen LogP contribution in [0.5, 0.6) is 0 Å². The molecule has 0 unspecified atom stereocenters. The second-order valence-corrected chi connectivity index (χ2v) is 7.44. The summed E-state index contributed by atoms with van der Waals surface area (Å²) in [5.74, 6) is 1.42. The molecule has 2 N–H and O–H groups in total. The lowest BCUT2D eigenvalue weighted by Gasteiger charge is -2.30. The molecule has 1 aromatic heterocycles. The fourth-order valence-electron chi connectivity index (χ4n) is 3.41. The summed E-state index contributed by atoms with van der Waals surface area (Å²) < 4.78 is 0. The Bertz CT molecular complexity index is 881. The Labute approximate surface area is 165 Å². The largest absolute Gasteiger partial charge is 0.363 e. The molecule has 7 heteroatoms. The van der Waals surface area contributed by atoms with Gasteiger partial charge in [0.1, 0.15) is 5.82 Å². The number of nitriles is 1. The number of hydrogen-bond acceptors (Lipinski definition) is 6. The number of aromatic nitrogens is 2. The minimum atomic E-state index is -0.119. The van der Waals surface area contributed by atoms with Gasteiger partial charge in [-0.25, -0.2) is 4.98 Å². The molecular weight excluding hydrogens is 352 g/mol. The van der Waals surface area contributed by atoms with E-state index < -0.39 is 0 Å². The zero-order valence-electron chi connectivity index (χ0n) is 16.6. The molecule has 146 valence electrons. The molecule has 1 amide bonds. The molecule has 7 nitrogen and oxygen atoms in total. The van der Waals surface area contributed by atoms with E-state index in [1.807, 2.05) is 32.0 Å². The highest BCUT2D eigenvalue weighted by molar-refractivity contribution is 5.94. The summed E-state index contributed by atoms with van der Waals surface area (Å²) in [6.45, 7) is 1.97. The molecule has 0 saturated heterocycles. The maximum absolute atomic E-state index is 12.4. The van der Waals surface area contributed by atoms with Crippen LogP contribution in [-0.4, -0.2) is 42.1 Å². The lowest BCUT2D eigenvalue weighted by atomic mass is 9.91. The normalized spacial score (nSPS) is 18.8. The van der Waals surface area contributed by atoms with Crippen molar-refractivity contribution in [1.29, 1.82) is 5.26 Å². The topological polar surface area (TPSA) is 93.9 Å². The first-order valence-electron chi connectivity index (χ1n) is 9.55. The van der Waals surface area contributed by atoms with E-state index in [9.17, 15) is 4.79 Å². The van der Waals surface area contributed by atoms with Crippen molar-refractivity contribution in [1.82, 2.24) is 15.3 Å². The smallest absolute Gasteiger partial charge is 0.251 e. The number of rotatable bonds is 5. The molecule has 0 radical (unpaired) electrons. The first-order valence-corrected chi connectivity index (χ1v) is 9.55. The molecule has 3 rings (SSSR count). The van der Waals surface area contributed by atoms with Gasteiger partial charge in [0.25, 0.3) is 5.91 Å². The van der Waals surface area contributed by atoms with Crippen molar-refractivity contribution in [3.8, 4) is 6.07 Å². The van der Waals surface area contributed by atoms with Gasteiger partial charge in [-0.15, -0.1) is 0 Å². The molecule has 1 heterocycles. The number of anilines is 2. The highest BCUT2D eigenvalue weighted by atomic mass is 16.1. The number of hydrogen-bond donors (Lipinski definition) is 2. The van der Waals surface area contributed by atoms with Gasteiger partial charge < -0.3 is 15.5 Å². The number of carbonyl (C=O) groups excluding carboxylic acids is 1. The van der Waals surface area contributed by atoms with Crippen LogP contribution in [0.25, 0.3) is 0 Å². The first kappa shape index (κ1) is 19.6. The third kappa shape index (κ3) is 4.97. The molecule has 1 aliphatic carbocycles. The average molecular weight is 378 g/mol. The van der Waals surface area contributed by atoms with Gasteiger partial charge in [0.05, 0.1) is 11.6 Å². The molecule has 1 aromatic carbocycles. The standard InChI is InChI=1S/C21H26N6O/c1-14-11-19(27(2)3)26-21(23-14)25-18-9-7-17(8-10-18)24-20(28)16-6-4-5-15(12-16)13-22/h4-6,11-12,17-18H,7-10H2,1-3H3,(H,24,28)(H,23,25,26)/t17-,18+. The van der Waals surface area contributed by atoms with Crippen LogP contribution >= 0.6 is 0 Å². The van der Waals surface area contributed by atoms with Gasteiger partial charge in [0.15, 0.2) is 0 Å². The number of aryl methyl sites for hydroxylation is 1. The van der Waals surface area contributed by atoms with Crippen molar-refractivity contribution in [2.24, 2.45) is 0 Å². The summed E-state index contributed by atoms with van der Waals surface area (Å²) in [7, 11) is 3.93. The zero-order valence-corrected chi connectivity index (χ0v) is 16.6. The van der Waals surface area contributed by atoms with E-state index in [1.54, 1.807) is 24.3 Å². The Balaban J connectivity index is 1.53. The minimum Gasteiger partial charge on any atom is -0.363 e. The lowest BCUT2D eigenvalue weighted by Crippen LogP contribution is -2.40. The maximum atomic E-state index is 12.4. The number of benzene rings is 1. The van der Waals surface area contributed by atoms with Crippen LogP contribution in [0.3, 0.4) is 0 Å². The third-order valence-electron chi connectivity index (χ3n) is 4.95. The van der Waals surface area contributed by atoms with Gasteiger partial charge in [0.2, 0.25) is 5.95 Å². The van der Waals surface area contributed by atoms with Crippen molar-refractivity contribution in [3.05, 3.63) is 47.2 Å². The Hall–Kier alpha value is -3.14. The van der Waals surface area contributed by atoms with Gasteiger partial charge in [-0.3, -0.25) is 4.79 Å². The molecule has 1 saturated carbocycles. The molecule has 0 atom stereocenters. The summed E-state index contributed by atoms with van der Waals surface area (Å²) in [4.78, 5) is 23.4. The molecule has 0 spiro atoms. The van der Waals surface area contributed by atoms with Gasteiger partial charge in [-0.1, -0.05) is 6.07 Å². The van der Waals surface area contributed by atoms with Crippen molar-refractivity contribution < 1.29 is 4.79 Å². The fraction of sp³-hybridized carbons (Fsp3) is 0.429. The van der Waals surface area contributed by atoms with Crippen LogP contribution in [0.4, 0.5) is 11.8 Å². The highest BCUT2D eigenvalue weighted by Gasteiger charge is 2.23. The summed E-state index contributed by atoms with van der Waals surface area (Å²) in [5.41, 5.74) is 1.96. The average Bonchev–Trinajstić information content (AvgIpc) is 2.69. The van der Waals surface area contributed by atoms with Crippen molar-refractivity contribution in [2.45, 2.75) is 44.7 Å². The van der Waals surface area contributed by atoms with Crippen LogP contribution in [0.15, 0.2) is 30.3 Å². The number of nitrogens with one attached hydrogen (secondary N) is 2. The van der Waals surface area contributed by atoms with E-state index in [0.29, 0.717) is 23.1 Å². The molecule has 1 fully saturated rings. The quantitative estimate of drug-likeness (QED) is 0.831. The van der Waals surface area contributed by atoms with E-state index in [1.165, 1.54) is 0 Å². The van der Waals surface area contributed by atoms with Crippen molar-refractivity contribution in [2.75, 3.05) is 24.3 Å². The summed E-state index contributed by atoms with van der Waals surface area (Å²) >= 11 is 0. The van der Waals surface area contributed by atoms with Gasteiger partial charge in [-0.05, 0) is 50.8 Å². The van der Waals surface area contributed by atoms with E-state index in [-0.39, 0.29) is 11.9 Å². The first-order chi connectivity index (χ1) is 13.4. The second-order valence-electron chi connectivity index (χ2n) is 7.44. The highest BCUT2D eigenvalue weighted by Crippen LogP contribution is 2.22. The Morgan fingerprint density at radius 1 is 1.14 bits per heavy atom. The van der Waals surface area contributed by atoms with Gasteiger partial charge >= 0.3 is 0 Å². The van der Waals surface area contributed by atoms with Crippen molar-refractivity contribution >= 4 is 17.7 Å². The van der Waals surface area contributed by atoms with Crippen molar-refractivity contribution in [3.63, 3.8) is 0 Å². The van der Waals surface area contributed by atoms with Crippen LogP contribution in [0.2, 0.25) is 0 Å². The molecule has 0 bridgehead atoms. The van der Waals surface area contributed by atoms with Gasteiger partial charge in [-0.2, -0.15) is 10.2 Å². The predicted octanol–water partition coefficient (Wildman–Crippen LogP) is 2.88. The molecule has 0 aliphatic heterocycles. The molecule has 1 aliphatic rings. The number of amides is 1. The van der Waals surface area contributed by atoms with Gasteiger partial charge in [0, 0.05) is 43.5 Å². The van der Waals surface area contributed by atoms with Crippen LogP contribution < -0.4 is 15.5 Å². The summed E-state index contributed by atoms with van der Waals surface area (Å²) in [5, 5.41) is 15.5. The summed E-state index contributed by atoms with van der Waals surface area (Å²) in [6.07, 6.45) is 3.68. The Morgan fingerprint density at radius 3 is 2.54 bits per heavy atom. The maximum Gasteiger partial charge on any atom is 0.251 e. The molecule has 28 heavy (non-hydrogen) atoms.